The number of aromatic nitrogens is 2. The van der Waals surface area contributed by atoms with Gasteiger partial charge < -0.3 is 20.3 Å². The van der Waals surface area contributed by atoms with Crippen molar-refractivity contribution in [1.82, 2.24) is 9.78 Å². The minimum absolute atomic E-state index is 0.0169. The first-order chi connectivity index (χ1) is 13.6. The van der Waals surface area contributed by atoms with Crippen molar-refractivity contribution >= 4 is 11.6 Å². The number of hydrogen-bond acceptors (Lipinski definition) is 5. The molecule has 1 aliphatic rings. The largest absolute Gasteiger partial charge is 0.506 e. The smallest absolute Gasteiger partial charge is 0.276 e. The molecule has 0 spiro atoms. The van der Waals surface area contributed by atoms with Gasteiger partial charge in [-0.25, -0.2) is 0 Å². The quantitative estimate of drug-likeness (QED) is 0.474. The number of benzene rings is 1. The van der Waals surface area contributed by atoms with Crippen LogP contribution in [0.5, 0.6) is 11.5 Å². The second-order valence-electron chi connectivity index (χ2n) is 7.40. The van der Waals surface area contributed by atoms with Crippen molar-refractivity contribution in [3.8, 4) is 11.5 Å². The monoisotopic (exact) mass is 387 g/mol. The Kier molecular flexibility index (Phi) is 6.92. The third kappa shape index (κ3) is 5.25. The predicted molar refractivity (Wildman–Crippen MR) is 107 cm³/mol. The summed E-state index contributed by atoms with van der Waals surface area (Å²) in [5, 5.41) is 27.4. The van der Waals surface area contributed by atoms with Crippen molar-refractivity contribution in [3.63, 3.8) is 0 Å². The van der Waals surface area contributed by atoms with E-state index < -0.39 is 5.91 Å². The second-order valence-corrected chi connectivity index (χ2v) is 7.40. The molecule has 2 aromatic rings. The summed E-state index contributed by atoms with van der Waals surface area (Å²) in [6.07, 6.45) is 7.73. The number of aromatic hydroxyl groups is 2. The number of hydrogen-bond donors (Lipinski definition) is 3. The molecule has 1 saturated heterocycles. The number of amides is 1. The van der Waals surface area contributed by atoms with Gasteiger partial charge in [-0.15, -0.1) is 0 Å². The summed E-state index contributed by atoms with van der Waals surface area (Å²) in [5.41, 5.74) is 1.11. The number of nitrogens with one attached hydrogen (secondary N) is 1. The van der Waals surface area contributed by atoms with Crippen molar-refractivity contribution in [2.75, 3.05) is 18.5 Å². The number of carbonyl (C=O) groups is 1. The number of anilines is 1. The van der Waals surface area contributed by atoms with Crippen LogP contribution in [0.4, 0.5) is 5.69 Å². The molecule has 1 amide bonds. The third-order valence-electron chi connectivity index (χ3n) is 5.12. The van der Waals surface area contributed by atoms with Gasteiger partial charge in [-0.05, 0) is 55.4 Å². The van der Waals surface area contributed by atoms with Gasteiger partial charge in [0.25, 0.3) is 5.91 Å². The Morgan fingerprint density at radius 2 is 1.96 bits per heavy atom. The molecular weight excluding hydrogens is 358 g/mol. The fourth-order valence-electron chi connectivity index (χ4n) is 3.48. The van der Waals surface area contributed by atoms with E-state index in [4.69, 9.17) is 4.74 Å². The molecule has 0 unspecified atom stereocenters. The van der Waals surface area contributed by atoms with Crippen LogP contribution in [0.1, 0.15) is 55.1 Å². The molecule has 1 fully saturated rings. The SMILES string of the molecule is CCCCCc1cc(O)c(NC(=O)c2ccn(CC3CCOCC3)n2)c(O)c1. The lowest BCUT2D eigenvalue weighted by Gasteiger charge is -2.21. The normalized spacial score (nSPS) is 14.9. The molecule has 152 valence electrons. The first-order valence-electron chi connectivity index (χ1n) is 10.0. The average molecular weight is 387 g/mol. The van der Waals surface area contributed by atoms with Crippen molar-refractivity contribution in [1.29, 1.82) is 0 Å². The van der Waals surface area contributed by atoms with Crippen LogP contribution in [0.15, 0.2) is 24.4 Å². The first kappa shape index (κ1) is 20.2. The molecule has 1 aliphatic heterocycles. The molecule has 0 saturated carbocycles. The van der Waals surface area contributed by atoms with Gasteiger partial charge in [0.05, 0.1) is 0 Å². The Labute approximate surface area is 165 Å². The van der Waals surface area contributed by atoms with E-state index in [2.05, 4.69) is 17.3 Å². The summed E-state index contributed by atoms with van der Waals surface area (Å²) < 4.78 is 7.13. The van der Waals surface area contributed by atoms with Gasteiger partial charge in [0.15, 0.2) is 5.69 Å². The summed E-state index contributed by atoms with van der Waals surface area (Å²) in [6.45, 7) is 4.41. The first-order valence-corrected chi connectivity index (χ1v) is 10.0. The molecule has 0 aliphatic carbocycles. The van der Waals surface area contributed by atoms with Gasteiger partial charge in [-0.1, -0.05) is 19.8 Å². The zero-order valence-corrected chi connectivity index (χ0v) is 16.4. The van der Waals surface area contributed by atoms with Crippen molar-refractivity contribution in [3.05, 3.63) is 35.7 Å². The van der Waals surface area contributed by atoms with E-state index in [1.165, 1.54) is 0 Å². The third-order valence-corrected chi connectivity index (χ3v) is 5.12. The van der Waals surface area contributed by atoms with Crippen LogP contribution >= 0.6 is 0 Å². The van der Waals surface area contributed by atoms with E-state index in [0.717, 1.165) is 63.8 Å². The molecule has 0 radical (unpaired) electrons. The lowest BCUT2D eigenvalue weighted by atomic mass is 10.0. The molecule has 3 N–H and O–H groups in total. The fraction of sp³-hybridized carbons (Fsp3) is 0.524. The summed E-state index contributed by atoms with van der Waals surface area (Å²) in [4.78, 5) is 12.5. The van der Waals surface area contributed by atoms with E-state index in [1.807, 2.05) is 0 Å². The van der Waals surface area contributed by atoms with Crippen LogP contribution in [-0.2, 0) is 17.7 Å². The number of unbranched alkanes of at least 4 members (excludes halogenated alkanes) is 2. The van der Waals surface area contributed by atoms with E-state index in [-0.39, 0.29) is 22.9 Å². The second kappa shape index (κ2) is 9.59. The van der Waals surface area contributed by atoms with Crippen molar-refractivity contribution in [2.45, 2.75) is 52.0 Å². The highest BCUT2D eigenvalue weighted by Crippen LogP contribution is 2.35. The summed E-state index contributed by atoms with van der Waals surface area (Å²) in [7, 11) is 0. The molecule has 3 rings (SSSR count). The lowest BCUT2D eigenvalue weighted by Crippen LogP contribution is -2.21. The average Bonchev–Trinajstić information content (AvgIpc) is 3.14. The highest BCUT2D eigenvalue weighted by molar-refractivity contribution is 6.04. The number of rotatable bonds is 8. The molecule has 0 bridgehead atoms. The van der Waals surface area contributed by atoms with E-state index in [9.17, 15) is 15.0 Å². The fourth-order valence-corrected chi connectivity index (χ4v) is 3.48. The van der Waals surface area contributed by atoms with Gasteiger partial charge >= 0.3 is 0 Å². The Balaban J connectivity index is 1.62. The van der Waals surface area contributed by atoms with Gasteiger partial charge in [0, 0.05) is 26.0 Å². The van der Waals surface area contributed by atoms with Crippen LogP contribution in [0.3, 0.4) is 0 Å². The van der Waals surface area contributed by atoms with E-state index in [1.54, 1.807) is 29.1 Å². The maximum atomic E-state index is 12.5. The molecule has 7 nitrogen and oxygen atoms in total. The molecular formula is C21H29N3O4. The van der Waals surface area contributed by atoms with E-state index >= 15 is 0 Å². The van der Waals surface area contributed by atoms with Crippen LogP contribution in [0, 0.1) is 5.92 Å². The number of phenolic OH excluding ortho intramolecular Hbond substituents is 2. The zero-order chi connectivity index (χ0) is 19.9. The number of nitrogens with zero attached hydrogens (tertiary/aromatic N) is 2. The maximum Gasteiger partial charge on any atom is 0.276 e. The summed E-state index contributed by atoms with van der Waals surface area (Å²) in [5.74, 6) is -0.240. The van der Waals surface area contributed by atoms with Crippen LogP contribution in [-0.4, -0.2) is 39.1 Å². The number of aryl methyl sites for hydroxylation is 1. The van der Waals surface area contributed by atoms with Crippen LogP contribution in [0.25, 0.3) is 0 Å². The highest BCUT2D eigenvalue weighted by Gasteiger charge is 2.18. The minimum atomic E-state index is -0.463. The Hall–Kier alpha value is -2.54. The number of carbonyl (C=O) groups excluding carboxylic acids is 1. The molecule has 7 heteroatoms. The molecule has 2 heterocycles. The number of phenols is 2. The lowest BCUT2D eigenvalue weighted by molar-refractivity contribution is 0.0601. The standard InChI is InChI=1S/C21H29N3O4/c1-2-3-4-5-16-12-18(25)20(19(26)13-16)22-21(27)17-6-9-24(23-17)14-15-7-10-28-11-8-15/h6,9,12-13,15,25-26H,2-5,7-8,10-11,14H2,1H3,(H,22,27). The Morgan fingerprint density at radius 1 is 1.25 bits per heavy atom. The molecule has 0 atom stereocenters. The predicted octanol–water partition coefficient (Wildman–Crippen LogP) is 3.71. The Bertz CT molecular complexity index is 774. The maximum absolute atomic E-state index is 12.5. The minimum Gasteiger partial charge on any atom is -0.506 e. The topological polar surface area (TPSA) is 96.6 Å². The molecule has 28 heavy (non-hydrogen) atoms. The summed E-state index contributed by atoms with van der Waals surface area (Å²) >= 11 is 0. The van der Waals surface area contributed by atoms with Crippen molar-refractivity contribution < 1.29 is 19.7 Å². The molecule has 1 aromatic heterocycles. The van der Waals surface area contributed by atoms with Gasteiger partial charge in [0.2, 0.25) is 0 Å². The van der Waals surface area contributed by atoms with E-state index in [0.29, 0.717) is 5.92 Å². The zero-order valence-electron chi connectivity index (χ0n) is 16.4. The number of ether oxygens (including phenoxy) is 1. The van der Waals surface area contributed by atoms with Crippen molar-refractivity contribution in [2.24, 2.45) is 5.92 Å². The van der Waals surface area contributed by atoms with Crippen LogP contribution < -0.4 is 5.32 Å². The summed E-state index contributed by atoms with van der Waals surface area (Å²) in [6, 6.07) is 4.82. The van der Waals surface area contributed by atoms with Gasteiger partial charge in [-0.2, -0.15) is 5.10 Å². The van der Waals surface area contributed by atoms with Crippen LogP contribution in [0.2, 0.25) is 0 Å². The molecule has 1 aromatic carbocycles. The van der Waals surface area contributed by atoms with Gasteiger partial charge in [-0.3, -0.25) is 9.48 Å². The Morgan fingerprint density at radius 3 is 2.64 bits per heavy atom. The highest BCUT2D eigenvalue weighted by atomic mass is 16.5. The van der Waals surface area contributed by atoms with Gasteiger partial charge in [0.1, 0.15) is 17.2 Å².